The SMILES string of the molecule is CCN(CC)CCC(C#N)c1ccccc1.O=C(O)C(=O)O. The molecule has 2 N–H and O–H groups in total. The molecule has 0 aliphatic heterocycles. The Balaban J connectivity index is 0.000000626. The molecule has 120 valence electrons. The summed E-state index contributed by atoms with van der Waals surface area (Å²) in [4.78, 5) is 20.6. The van der Waals surface area contributed by atoms with Gasteiger partial charge < -0.3 is 15.1 Å². The van der Waals surface area contributed by atoms with Crippen LogP contribution in [0.1, 0.15) is 31.7 Å². The van der Waals surface area contributed by atoms with E-state index in [9.17, 15) is 0 Å². The van der Waals surface area contributed by atoms with Gasteiger partial charge in [0.25, 0.3) is 0 Å². The van der Waals surface area contributed by atoms with Gasteiger partial charge in [0, 0.05) is 0 Å². The van der Waals surface area contributed by atoms with Gasteiger partial charge in [-0.05, 0) is 31.6 Å². The molecule has 0 radical (unpaired) electrons. The number of carboxylic acid groups (broad SMARTS) is 2. The molecule has 0 aliphatic carbocycles. The molecule has 0 heterocycles. The number of rotatable bonds is 6. The highest BCUT2D eigenvalue weighted by molar-refractivity contribution is 6.27. The first kappa shape index (κ1) is 19.6. The van der Waals surface area contributed by atoms with Crippen LogP contribution in [0.5, 0.6) is 0 Å². The van der Waals surface area contributed by atoms with E-state index in [1.807, 2.05) is 30.3 Å². The third kappa shape index (κ3) is 8.02. The van der Waals surface area contributed by atoms with E-state index < -0.39 is 11.9 Å². The highest BCUT2D eigenvalue weighted by Crippen LogP contribution is 2.18. The molecule has 1 rings (SSSR count). The first-order valence-corrected chi connectivity index (χ1v) is 7.09. The fourth-order valence-electron chi connectivity index (χ4n) is 1.84. The zero-order valence-electron chi connectivity index (χ0n) is 12.9. The largest absolute Gasteiger partial charge is 0.473 e. The highest BCUT2D eigenvalue weighted by atomic mass is 16.4. The van der Waals surface area contributed by atoms with Crippen LogP contribution in [0.2, 0.25) is 0 Å². The summed E-state index contributed by atoms with van der Waals surface area (Å²) in [6.07, 6.45) is 0.919. The molecule has 0 saturated carbocycles. The second-order valence-corrected chi connectivity index (χ2v) is 4.52. The van der Waals surface area contributed by atoms with Gasteiger partial charge in [0.1, 0.15) is 0 Å². The monoisotopic (exact) mass is 306 g/mol. The molecule has 6 heteroatoms. The van der Waals surface area contributed by atoms with Gasteiger partial charge in [-0.3, -0.25) is 0 Å². The van der Waals surface area contributed by atoms with Gasteiger partial charge in [-0.2, -0.15) is 5.26 Å². The Morgan fingerprint density at radius 1 is 1.14 bits per heavy atom. The Labute approximate surface area is 130 Å². The number of nitrogens with zero attached hydrogens (tertiary/aromatic N) is 2. The van der Waals surface area contributed by atoms with E-state index in [0.29, 0.717) is 0 Å². The van der Waals surface area contributed by atoms with E-state index in [1.54, 1.807) is 0 Å². The quantitative estimate of drug-likeness (QED) is 0.781. The smallest absolute Gasteiger partial charge is 0.414 e. The van der Waals surface area contributed by atoms with Gasteiger partial charge in [0.05, 0.1) is 12.0 Å². The highest BCUT2D eigenvalue weighted by Gasteiger charge is 2.11. The van der Waals surface area contributed by atoms with Crippen molar-refractivity contribution in [2.24, 2.45) is 0 Å². The maximum Gasteiger partial charge on any atom is 0.414 e. The molecule has 1 aromatic rings. The van der Waals surface area contributed by atoms with Crippen LogP contribution < -0.4 is 0 Å². The Morgan fingerprint density at radius 2 is 1.64 bits per heavy atom. The van der Waals surface area contributed by atoms with E-state index >= 15 is 0 Å². The van der Waals surface area contributed by atoms with E-state index in [2.05, 4.69) is 24.8 Å². The van der Waals surface area contributed by atoms with Gasteiger partial charge >= 0.3 is 11.9 Å². The summed E-state index contributed by atoms with van der Waals surface area (Å²) in [5.74, 6) is -3.62. The first-order chi connectivity index (χ1) is 10.5. The van der Waals surface area contributed by atoms with E-state index in [1.165, 1.54) is 0 Å². The Kier molecular flexibility index (Phi) is 10.1. The van der Waals surface area contributed by atoms with Gasteiger partial charge in [-0.15, -0.1) is 0 Å². The molecule has 0 fully saturated rings. The van der Waals surface area contributed by atoms with Crippen molar-refractivity contribution in [3.8, 4) is 6.07 Å². The third-order valence-electron chi connectivity index (χ3n) is 3.17. The Bertz CT molecular complexity index is 481. The van der Waals surface area contributed by atoms with E-state index in [0.717, 1.165) is 31.6 Å². The van der Waals surface area contributed by atoms with Crippen molar-refractivity contribution in [2.45, 2.75) is 26.2 Å². The summed E-state index contributed by atoms with van der Waals surface area (Å²) in [5, 5.41) is 24.0. The zero-order valence-corrected chi connectivity index (χ0v) is 12.9. The number of benzene rings is 1. The normalized spacial score (nSPS) is 11.0. The maximum atomic E-state index is 9.17. The summed E-state index contributed by atoms with van der Waals surface area (Å²) in [7, 11) is 0. The molecule has 0 saturated heterocycles. The molecule has 0 amide bonds. The molecule has 1 unspecified atom stereocenters. The van der Waals surface area contributed by atoms with Crippen molar-refractivity contribution in [1.82, 2.24) is 4.90 Å². The number of carbonyl (C=O) groups is 2. The van der Waals surface area contributed by atoms with Crippen molar-refractivity contribution in [3.63, 3.8) is 0 Å². The van der Waals surface area contributed by atoms with Crippen molar-refractivity contribution < 1.29 is 19.8 Å². The molecular formula is C16H22N2O4. The zero-order chi connectivity index (χ0) is 17.0. The summed E-state index contributed by atoms with van der Waals surface area (Å²) < 4.78 is 0. The lowest BCUT2D eigenvalue weighted by atomic mass is 9.97. The number of nitriles is 1. The van der Waals surface area contributed by atoms with Gasteiger partial charge in [-0.25, -0.2) is 9.59 Å². The molecule has 6 nitrogen and oxygen atoms in total. The average molecular weight is 306 g/mol. The average Bonchev–Trinajstić information content (AvgIpc) is 2.53. The molecule has 1 aromatic carbocycles. The van der Waals surface area contributed by atoms with Crippen LogP contribution >= 0.6 is 0 Å². The van der Waals surface area contributed by atoms with Crippen LogP contribution in [0.25, 0.3) is 0 Å². The maximum absolute atomic E-state index is 9.17. The molecule has 0 aliphatic rings. The van der Waals surface area contributed by atoms with Crippen LogP contribution in [0, 0.1) is 11.3 Å². The van der Waals surface area contributed by atoms with Crippen molar-refractivity contribution in [3.05, 3.63) is 35.9 Å². The first-order valence-electron chi connectivity index (χ1n) is 7.09. The molecule has 1 atom stereocenters. The fraction of sp³-hybridized carbons (Fsp3) is 0.438. The lowest BCUT2D eigenvalue weighted by Gasteiger charge is -2.19. The standard InChI is InChI=1S/C14H20N2.C2H2O4/c1-3-16(4-2)11-10-14(12-15)13-8-6-5-7-9-13;3-1(4)2(5)6/h5-9,14H,3-4,10-11H2,1-2H3;(H,3,4)(H,5,6). The van der Waals surface area contributed by atoms with Crippen LogP contribution in [0.15, 0.2) is 30.3 Å². The lowest BCUT2D eigenvalue weighted by Crippen LogP contribution is -2.25. The minimum atomic E-state index is -1.82. The molecule has 0 spiro atoms. The minimum absolute atomic E-state index is 0.0294. The van der Waals surface area contributed by atoms with Crippen LogP contribution in [0.3, 0.4) is 0 Å². The lowest BCUT2D eigenvalue weighted by molar-refractivity contribution is -0.159. The Hall–Kier alpha value is -2.39. The predicted molar refractivity (Wildman–Crippen MR) is 82.5 cm³/mol. The molecular weight excluding hydrogens is 284 g/mol. The summed E-state index contributed by atoms with van der Waals surface area (Å²) in [5.41, 5.74) is 1.14. The van der Waals surface area contributed by atoms with E-state index in [4.69, 9.17) is 25.1 Å². The summed E-state index contributed by atoms with van der Waals surface area (Å²) >= 11 is 0. The van der Waals surface area contributed by atoms with Crippen molar-refractivity contribution in [1.29, 1.82) is 5.26 Å². The minimum Gasteiger partial charge on any atom is -0.473 e. The summed E-state index contributed by atoms with van der Waals surface area (Å²) in [6, 6.07) is 12.5. The van der Waals surface area contributed by atoms with Gasteiger partial charge in [-0.1, -0.05) is 44.2 Å². The second kappa shape index (κ2) is 11.3. The number of aliphatic carboxylic acids is 2. The summed E-state index contributed by atoms with van der Waals surface area (Å²) in [6.45, 7) is 7.44. The number of hydrogen-bond acceptors (Lipinski definition) is 4. The third-order valence-corrected chi connectivity index (χ3v) is 3.17. The van der Waals surface area contributed by atoms with Crippen LogP contribution in [-0.4, -0.2) is 46.7 Å². The molecule has 0 aromatic heterocycles. The van der Waals surface area contributed by atoms with Gasteiger partial charge in [0.15, 0.2) is 0 Å². The fourth-order valence-corrected chi connectivity index (χ4v) is 1.84. The van der Waals surface area contributed by atoms with Gasteiger partial charge in [0.2, 0.25) is 0 Å². The van der Waals surface area contributed by atoms with E-state index in [-0.39, 0.29) is 5.92 Å². The van der Waals surface area contributed by atoms with Crippen LogP contribution in [0.4, 0.5) is 0 Å². The topological polar surface area (TPSA) is 102 Å². The van der Waals surface area contributed by atoms with Crippen molar-refractivity contribution in [2.75, 3.05) is 19.6 Å². The Morgan fingerprint density at radius 3 is 2.00 bits per heavy atom. The van der Waals surface area contributed by atoms with Crippen LogP contribution in [-0.2, 0) is 9.59 Å². The molecule has 22 heavy (non-hydrogen) atoms. The second-order valence-electron chi connectivity index (χ2n) is 4.52. The van der Waals surface area contributed by atoms with Crippen molar-refractivity contribution >= 4 is 11.9 Å². The number of carboxylic acids is 2. The number of hydrogen-bond donors (Lipinski definition) is 2. The molecule has 0 bridgehead atoms. The predicted octanol–water partition coefficient (Wildman–Crippen LogP) is 2.18.